The normalized spacial score (nSPS) is 10.7. The monoisotopic (exact) mass is 327 g/mol. The fourth-order valence-corrected chi connectivity index (χ4v) is 2.52. The number of carbonyl (C=O) groups excluding carboxylic acids is 1. The summed E-state index contributed by atoms with van der Waals surface area (Å²) < 4.78 is 1.41. The smallest absolute Gasteiger partial charge is 0.269 e. The molecule has 1 heterocycles. The van der Waals surface area contributed by atoms with E-state index in [0.29, 0.717) is 22.6 Å². The molecular weight excluding hydrogens is 314 g/mol. The van der Waals surface area contributed by atoms with Crippen molar-refractivity contribution in [1.82, 2.24) is 14.9 Å². The van der Waals surface area contributed by atoms with Gasteiger partial charge in [0.1, 0.15) is 6.54 Å². The summed E-state index contributed by atoms with van der Waals surface area (Å²) >= 11 is 6.06. The number of halogens is 1. The van der Waals surface area contributed by atoms with Crippen molar-refractivity contribution >= 4 is 28.5 Å². The molecule has 0 aliphatic carbocycles. The Kier molecular flexibility index (Phi) is 4.39. The predicted molar refractivity (Wildman–Crippen MR) is 89.3 cm³/mol. The molecular formula is C17H14ClN3O2. The molecule has 5 nitrogen and oxygen atoms in total. The van der Waals surface area contributed by atoms with E-state index in [0.717, 1.165) is 5.56 Å². The number of para-hydroxylation sites is 2. The van der Waals surface area contributed by atoms with Gasteiger partial charge in [0.15, 0.2) is 0 Å². The van der Waals surface area contributed by atoms with Gasteiger partial charge in [-0.3, -0.25) is 14.2 Å². The van der Waals surface area contributed by atoms with Crippen molar-refractivity contribution in [2.24, 2.45) is 0 Å². The molecule has 1 aromatic heterocycles. The Balaban J connectivity index is 1.77. The molecule has 6 heteroatoms. The van der Waals surface area contributed by atoms with Crippen LogP contribution in [-0.4, -0.2) is 15.5 Å². The average Bonchev–Trinajstić information content (AvgIpc) is 2.57. The minimum absolute atomic E-state index is 0.0632. The average molecular weight is 328 g/mol. The Morgan fingerprint density at radius 1 is 1.13 bits per heavy atom. The van der Waals surface area contributed by atoms with Gasteiger partial charge in [-0.15, -0.1) is 0 Å². The molecule has 23 heavy (non-hydrogen) atoms. The molecule has 2 aromatic carbocycles. The van der Waals surface area contributed by atoms with Crippen LogP contribution in [0.3, 0.4) is 0 Å². The summed E-state index contributed by atoms with van der Waals surface area (Å²) in [6.45, 7) is 0.253. The fourth-order valence-electron chi connectivity index (χ4n) is 2.31. The highest BCUT2D eigenvalue weighted by Crippen LogP contribution is 2.14. The van der Waals surface area contributed by atoms with E-state index in [1.165, 1.54) is 10.8 Å². The van der Waals surface area contributed by atoms with Gasteiger partial charge in [0.2, 0.25) is 5.91 Å². The van der Waals surface area contributed by atoms with E-state index in [4.69, 9.17) is 11.6 Å². The second-order valence-corrected chi connectivity index (χ2v) is 5.45. The molecule has 1 amide bonds. The zero-order valence-electron chi connectivity index (χ0n) is 12.2. The lowest BCUT2D eigenvalue weighted by atomic mass is 10.2. The van der Waals surface area contributed by atoms with Crippen molar-refractivity contribution in [2.45, 2.75) is 13.1 Å². The third-order valence-corrected chi connectivity index (χ3v) is 3.86. The first-order valence-corrected chi connectivity index (χ1v) is 7.47. The summed E-state index contributed by atoms with van der Waals surface area (Å²) in [4.78, 5) is 28.2. The van der Waals surface area contributed by atoms with Gasteiger partial charge in [0.05, 0.1) is 17.2 Å². The van der Waals surface area contributed by atoms with E-state index >= 15 is 0 Å². The third kappa shape index (κ3) is 3.40. The molecule has 0 fully saturated rings. The molecule has 0 saturated heterocycles. The van der Waals surface area contributed by atoms with Crippen molar-refractivity contribution < 1.29 is 4.79 Å². The highest BCUT2D eigenvalue weighted by Gasteiger charge is 2.09. The van der Waals surface area contributed by atoms with Gasteiger partial charge >= 0.3 is 0 Å². The van der Waals surface area contributed by atoms with E-state index in [2.05, 4.69) is 10.3 Å². The molecule has 3 aromatic rings. The van der Waals surface area contributed by atoms with Gasteiger partial charge in [0, 0.05) is 11.6 Å². The maximum absolute atomic E-state index is 12.2. The predicted octanol–water partition coefficient (Wildman–Crippen LogP) is 2.37. The Morgan fingerprint density at radius 3 is 2.70 bits per heavy atom. The molecule has 3 rings (SSSR count). The van der Waals surface area contributed by atoms with Crippen LogP contribution in [0.4, 0.5) is 0 Å². The standard InChI is InChI=1S/C17H14ClN3O2/c18-13-6-2-1-5-12(13)9-20-16(22)11-21-15-8-4-3-7-14(15)19-10-17(21)23/h1-8,10H,9,11H2,(H,20,22). The van der Waals surface area contributed by atoms with Gasteiger partial charge in [-0.2, -0.15) is 0 Å². The lowest BCUT2D eigenvalue weighted by molar-refractivity contribution is -0.121. The van der Waals surface area contributed by atoms with E-state index < -0.39 is 0 Å². The van der Waals surface area contributed by atoms with Crippen LogP contribution in [-0.2, 0) is 17.9 Å². The summed E-state index contributed by atoms with van der Waals surface area (Å²) in [5.41, 5.74) is 1.82. The van der Waals surface area contributed by atoms with Crippen LogP contribution in [0, 0.1) is 0 Å². The molecule has 1 N–H and O–H groups in total. The van der Waals surface area contributed by atoms with E-state index in [-0.39, 0.29) is 18.0 Å². The van der Waals surface area contributed by atoms with E-state index in [9.17, 15) is 9.59 Å². The molecule has 0 atom stereocenters. The van der Waals surface area contributed by atoms with Crippen molar-refractivity contribution in [3.8, 4) is 0 Å². The molecule has 116 valence electrons. The maximum Gasteiger partial charge on any atom is 0.269 e. The number of nitrogens with one attached hydrogen (secondary N) is 1. The number of nitrogens with zero attached hydrogens (tertiary/aromatic N) is 2. The third-order valence-electron chi connectivity index (χ3n) is 3.49. The second-order valence-electron chi connectivity index (χ2n) is 5.04. The van der Waals surface area contributed by atoms with Crippen LogP contribution in [0.1, 0.15) is 5.56 Å². The summed E-state index contributed by atoms with van der Waals surface area (Å²) in [6.07, 6.45) is 1.23. The Bertz CT molecular complexity index is 921. The maximum atomic E-state index is 12.2. The molecule has 0 aliphatic heterocycles. The summed E-state index contributed by atoms with van der Waals surface area (Å²) in [7, 11) is 0. The number of rotatable bonds is 4. The van der Waals surface area contributed by atoms with Crippen molar-refractivity contribution in [1.29, 1.82) is 0 Å². The summed E-state index contributed by atoms with van der Waals surface area (Å²) in [6, 6.07) is 14.5. The number of aromatic nitrogens is 2. The van der Waals surface area contributed by atoms with Gasteiger partial charge in [-0.1, -0.05) is 41.9 Å². The van der Waals surface area contributed by atoms with Crippen molar-refractivity contribution in [3.63, 3.8) is 0 Å². The SMILES string of the molecule is O=C(Cn1c(=O)cnc2ccccc21)NCc1ccccc1Cl. The zero-order chi connectivity index (χ0) is 16.2. The van der Waals surface area contributed by atoms with Crippen LogP contribution in [0.5, 0.6) is 0 Å². The lowest BCUT2D eigenvalue weighted by Gasteiger charge is -2.10. The number of amides is 1. The molecule has 0 aliphatic rings. The zero-order valence-corrected chi connectivity index (χ0v) is 13.0. The molecule has 0 radical (unpaired) electrons. The van der Waals surface area contributed by atoms with E-state index in [1.807, 2.05) is 30.3 Å². The van der Waals surface area contributed by atoms with Gasteiger partial charge in [-0.05, 0) is 23.8 Å². The highest BCUT2D eigenvalue weighted by molar-refractivity contribution is 6.31. The first kappa shape index (κ1) is 15.2. The number of benzene rings is 2. The van der Waals surface area contributed by atoms with Crippen LogP contribution in [0.15, 0.2) is 59.5 Å². The highest BCUT2D eigenvalue weighted by atomic mass is 35.5. The van der Waals surface area contributed by atoms with E-state index in [1.54, 1.807) is 18.2 Å². The summed E-state index contributed by atoms with van der Waals surface area (Å²) in [5.74, 6) is -0.261. The quantitative estimate of drug-likeness (QED) is 0.800. The molecule has 0 unspecified atom stereocenters. The van der Waals surface area contributed by atoms with Gasteiger partial charge in [-0.25, -0.2) is 4.98 Å². The lowest BCUT2D eigenvalue weighted by Crippen LogP contribution is -2.32. The van der Waals surface area contributed by atoms with Gasteiger partial charge in [0.25, 0.3) is 5.56 Å². The number of fused-ring (bicyclic) bond motifs is 1. The molecule has 0 spiro atoms. The second kappa shape index (κ2) is 6.62. The number of hydrogen-bond acceptors (Lipinski definition) is 3. The minimum atomic E-state index is -0.309. The number of hydrogen-bond donors (Lipinski definition) is 1. The van der Waals surface area contributed by atoms with Crippen LogP contribution < -0.4 is 10.9 Å². The van der Waals surface area contributed by atoms with Gasteiger partial charge < -0.3 is 5.32 Å². The van der Waals surface area contributed by atoms with Crippen LogP contribution in [0.2, 0.25) is 5.02 Å². The Labute approximate surface area is 137 Å². The first-order valence-electron chi connectivity index (χ1n) is 7.10. The first-order chi connectivity index (χ1) is 11.1. The Hall–Kier alpha value is -2.66. The number of carbonyl (C=O) groups is 1. The molecule has 0 saturated carbocycles. The fraction of sp³-hybridized carbons (Fsp3) is 0.118. The summed E-state index contributed by atoms with van der Waals surface area (Å²) in [5, 5.41) is 3.37. The molecule has 0 bridgehead atoms. The Morgan fingerprint density at radius 2 is 1.87 bits per heavy atom. The minimum Gasteiger partial charge on any atom is -0.350 e. The van der Waals surface area contributed by atoms with Crippen molar-refractivity contribution in [2.75, 3.05) is 0 Å². The van der Waals surface area contributed by atoms with Crippen LogP contribution >= 0.6 is 11.6 Å². The van der Waals surface area contributed by atoms with Crippen LogP contribution in [0.25, 0.3) is 11.0 Å². The largest absolute Gasteiger partial charge is 0.350 e. The topological polar surface area (TPSA) is 64.0 Å². The van der Waals surface area contributed by atoms with Crippen molar-refractivity contribution in [3.05, 3.63) is 75.7 Å².